The predicted octanol–water partition coefficient (Wildman–Crippen LogP) is 2.26. The summed E-state index contributed by atoms with van der Waals surface area (Å²) in [6, 6.07) is 0. The van der Waals surface area contributed by atoms with E-state index in [4.69, 9.17) is 5.73 Å². The van der Waals surface area contributed by atoms with E-state index in [0.29, 0.717) is 11.3 Å². The van der Waals surface area contributed by atoms with Crippen LogP contribution in [0.2, 0.25) is 0 Å². The molecule has 0 bridgehead atoms. The van der Waals surface area contributed by atoms with Crippen LogP contribution < -0.4 is 5.73 Å². The second-order valence-electron chi connectivity index (χ2n) is 4.23. The standard InChI is InChI=1S/C9H21N/c1-7(2)8(3)9(4,5)6-10/h7-8H,6,10H2,1-5H3/t8-/m1/s1. The van der Waals surface area contributed by atoms with Crippen molar-refractivity contribution in [2.24, 2.45) is 23.0 Å². The summed E-state index contributed by atoms with van der Waals surface area (Å²) >= 11 is 0. The lowest BCUT2D eigenvalue weighted by molar-refractivity contribution is 0.184. The summed E-state index contributed by atoms with van der Waals surface area (Å²) in [4.78, 5) is 0. The topological polar surface area (TPSA) is 26.0 Å². The van der Waals surface area contributed by atoms with Crippen molar-refractivity contribution in [2.75, 3.05) is 6.54 Å². The lowest BCUT2D eigenvalue weighted by Gasteiger charge is -2.33. The predicted molar refractivity (Wildman–Crippen MR) is 46.8 cm³/mol. The molecule has 0 rings (SSSR count). The zero-order chi connectivity index (χ0) is 8.36. The first-order chi connectivity index (χ1) is 4.41. The molecule has 1 heteroatoms. The third-order valence-electron chi connectivity index (χ3n) is 2.76. The second kappa shape index (κ2) is 3.38. The van der Waals surface area contributed by atoms with Gasteiger partial charge in [0.1, 0.15) is 0 Å². The fraction of sp³-hybridized carbons (Fsp3) is 1.00. The van der Waals surface area contributed by atoms with E-state index >= 15 is 0 Å². The van der Waals surface area contributed by atoms with Crippen LogP contribution in [0.5, 0.6) is 0 Å². The van der Waals surface area contributed by atoms with Crippen molar-refractivity contribution in [1.29, 1.82) is 0 Å². The molecule has 0 fully saturated rings. The third-order valence-corrected chi connectivity index (χ3v) is 2.76. The van der Waals surface area contributed by atoms with E-state index in [2.05, 4.69) is 34.6 Å². The summed E-state index contributed by atoms with van der Waals surface area (Å²) in [7, 11) is 0. The Kier molecular flexibility index (Phi) is 3.37. The molecule has 0 aromatic carbocycles. The van der Waals surface area contributed by atoms with Crippen molar-refractivity contribution < 1.29 is 0 Å². The van der Waals surface area contributed by atoms with Crippen molar-refractivity contribution in [3.05, 3.63) is 0 Å². The van der Waals surface area contributed by atoms with Gasteiger partial charge >= 0.3 is 0 Å². The van der Waals surface area contributed by atoms with Gasteiger partial charge in [-0.1, -0.05) is 34.6 Å². The summed E-state index contributed by atoms with van der Waals surface area (Å²) in [5.74, 6) is 1.44. The average molecular weight is 143 g/mol. The van der Waals surface area contributed by atoms with Gasteiger partial charge in [0.2, 0.25) is 0 Å². The van der Waals surface area contributed by atoms with Gasteiger partial charge in [-0.25, -0.2) is 0 Å². The van der Waals surface area contributed by atoms with Crippen molar-refractivity contribution in [3.8, 4) is 0 Å². The Balaban J connectivity index is 4.03. The molecule has 2 N–H and O–H groups in total. The molecule has 0 amide bonds. The van der Waals surface area contributed by atoms with Gasteiger partial charge in [0, 0.05) is 0 Å². The van der Waals surface area contributed by atoms with Crippen LogP contribution in [0.15, 0.2) is 0 Å². The van der Waals surface area contributed by atoms with Crippen molar-refractivity contribution >= 4 is 0 Å². The normalized spacial score (nSPS) is 15.9. The van der Waals surface area contributed by atoms with E-state index < -0.39 is 0 Å². The van der Waals surface area contributed by atoms with Crippen LogP contribution in [0.4, 0.5) is 0 Å². The van der Waals surface area contributed by atoms with Crippen molar-refractivity contribution in [2.45, 2.75) is 34.6 Å². The summed E-state index contributed by atoms with van der Waals surface area (Å²) < 4.78 is 0. The van der Waals surface area contributed by atoms with Crippen LogP contribution in [-0.4, -0.2) is 6.54 Å². The molecule has 10 heavy (non-hydrogen) atoms. The zero-order valence-corrected chi connectivity index (χ0v) is 7.94. The largest absolute Gasteiger partial charge is 0.330 e. The molecule has 0 aliphatic heterocycles. The molecule has 1 nitrogen and oxygen atoms in total. The first-order valence-electron chi connectivity index (χ1n) is 4.12. The number of hydrogen-bond donors (Lipinski definition) is 1. The molecule has 0 saturated carbocycles. The van der Waals surface area contributed by atoms with Crippen LogP contribution in [0.25, 0.3) is 0 Å². The Morgan fingerprint density at radius 3 is 1.70 bits per heavy atom. The summed E-state index contributed by atoms with van der Waals surface area (Å²) in [5, 5.41) is 0. The fourth-order valence-electron chi connectivity index (χ4n) is 1.09. The Bertz CT molecular complexity index is 94.9. The van der Waals surface area contributed by atoms with E-state index in [1.807, 2.05) is 0 Å². The van der Waals surface area contributed by atoms with Crippen LogP contribution in [-0.2, 0) is 0 Å². The first kappa shape index (κ1) is 9.96. The molecule has 0 spiro atoms. The number of hydrogen-bond acceptors (Lipinski definition) is 1. The van der Waals surface area contributed by atoms with Gasteiger partial charge in [0.15, 0.2) is 0 Å². The van der Waals surface area contributed by atoms with Gasteiger partial charge in [-0.2, -0.15) is 0 Å². The molecule has 0 heterocycles. The van der Waals surface area contributed by atoms with Crippen LogP contribution in [0.1, 0.15) is 34.6 Å². The molecular formula is C9H21N. The maximum absolute atomic E-state index is 5.64. The SMILES string of the molecule is CC(C)[C@@H](C)C(C)(C)CN. The van der Waals surface area contributed by atoms with Crippen molar-refractivity contribution in [1.82, 2.24) is 0 Å². The summed E-state index contributed by atoms with van der Waals surface area (Å²) in [6.45, 7) is 12.0. The lowest BCUT2D eigenvalue weighted by Crippen LogP contribution is -2.33. The van der Waals surface area contributed by atoms with E-state index in [0.717, 1.165) is 12.5 Å². The number of rotatable bonds is 3. The van der Waals surface area contributed by atoms with E-state index in [-0.39, 0.29) is 0 Å². The summed E-state index contributed by atoms with van der Waals surface area (Å²) in [6.07, 6.45) is 0. The Labute approximate surface area is 65.0 Å². The molecule has 0 aromatic rings. The second-order valence-corrected chi connectivity index (χ2v) is 4.23. The minimum Gasteiger partial charge on any atom is -0.330 e. The van der Waals surface area contributed by atoms with Gasteiger partial charge < -0.3 is 5.73 Å². The minimum absolute atomic E-state index is 0.300. The maximum atomic E-state index is 5.64. The molecule has 0 aromatic heterocycles. The van der Waals surface area contributed by atoms with Gasteiger partial charge in [0.05, 0.1) is 0 Å². The van der Waals surface area contributed by atoms with Gasteiger partial charge in [-0.15, -0.1) is 0 Å². The number of nitrogens with two attached hydrogens (primary N) is 1. The third kappa shape index (κ3) is 2.30. The maximum Gasteiger partial charge on any atom is -0.00232 e. The smallest absolute Gasteiger partial charge is 0.00232 e. The van der Waals surface area contributed by atoms with Crippen LogP contribution >= 0.6 is 0 Å². The highest BCUT2D eigenvalue weighted by molar-refractivity contribution is 4.77. The Morgan fingerprint density at radius 2 is 1.60 bits per heavy atom. The molecule has 0 aliphatic rings. The molecule has 62 valence electrons. The van der Waals surface area contributed by atoms with Crippen LogP contribution in [0.3, 0.4) is 0 Å². The lowest BCUT2D eigenvalue weighted by atomic mass is 9.74. The van der Waals surface area contributed by atoms with Crippen LogP contribution in [0, 0.1) is 17.3 Å². The highest BCUT2D eigenvalue weighted by atomic mass is 14.6. The molecule has 0 aliphatic carbocycles. The first-order valence-corrected chi connectivity index (χ1v) is 4.12. The molecular weight excluding hydrogens is 122 g/mol. The highest BCUT2D eigenvalue weighted by Gasteiger charge is 2.25. The molecule has 0 unspecified atom stereocenters. The molecule has 0 radical (unpaired) electrons. The minimum atomic E-state index is 0.300. The quantitative estimate of drug-likeness (QED) is 0.644. The monoisotopic (exact) mass is 143 g/mol. The van der Waals surface area contributed by atoms with Gasteiger partial charge in [-0.05, 0) is 23.8 Å². The zero-order valence-electron chi connectivity index (χ0n) is 7.94. The average Bonchev–Trinajstić information content (AvgIpc) is 1.86. The highest BCUT2D eigenvalue weighted by Crippen LogP contribution is 2.30. The van der Waals surface area contributed by atoms with E-state index in [1.54, 1.807) is 0 Å². The van der Waals surface area contributed by atoms with Crippen molar-refractivity contribution in [3.63, 3.8) is 0 Å². The van der Waals surface area contributed by atoms with E-state index in [9.17, 15) is 0 Å². The fourth-order valence-corrected chi connectivity index (χ4v) is 1.09. The Hall–Kier alpha value is -0.0400. The summed E-state index contributed by atoms with van der Waals surface area (Å²) in [5.41, 5.74) is 5.94. The molecule has 1 atom stereocenters. The van der Waals surface area contributed by atoms with Gasteiger partial charge in [0.25, 0.3) is 0 Å². The Morgan fingerprint density at radius 1 is 1.20 bits per heavy atom. The van der Waals surface area contributed by atoms with E-state index in [1.165, 1.54) is 0 Å². The molecule has 0 saturated heterocycles. The van der Waals surface area contributed by atoms with Gasteiger partial charge in [-0.3, -0.25) is 0 Å².